The van der Waals surface area contributed by atoms with Gasteiger partial charge in [0.2, 0.25) is 5.91 Å². The molecule has 0 aromatic rings. The zero-order valence-corrected chi connectivity index (χ0v) is 14.7. The summed E-state index contributed by atoms with van der Waals surface area (Å²) in [6.07, 6.45) is 12.3. The fourth-order valence-electron chi connectivity index (χ4n) is 4.02. The molecule has 0 aromatic carbocycles. The van der Waals surface area contributed by atoms with E-state index in [2.05, 4.69) is 15.2 Å². The molecular weight excluding hydrogens is 288 g/mol. The third kappa shape index (κ3) is 6.40. The highest BCUT2D eigenvalue weighted by molar-refractivity contribution is 5.80. The number of likely N-dealkylation sites (tertiary alicyclic amines) is 1. The molecule has 2 fully saturated rings. The van der Waals surface area contributed by atoms with Gasteiger partial charge in [0.1, 0.15) is 0 Å². The molecule has 1 heterocycles. The van der Waals surface area contributed by atoms with Crippen molar-refractivity contribution in [2.45, 2.75) is 64.2 Å². The Hall–Kier alpha value is -1.26. The smallest absolute Gasteiger partial charge is 0.217 e. The first-order chi connectivity index (χ1) is 11.2. The molecule has 1 atom stereocenters. The summed E-state index contributed by atoms with van der Waals surface area (Å²) < 4.78 is 0. The van der Waals surface area contributed by atoms with Crippen LogP contribution < -0.4 is 11.1 Å². The van der Waals surface area contributed by atoms with E-state index in [0.717, 1.165) is 44.4 Å². The van der Waals surface area contributed by atoms with Crippen LogP contribution in [0.3, 0.4) is 0 Å². The fourth-order valence-corrected chi connectivity index (χ4v) is 4.02. The normalized spacial score (nSPS) is 24.8. The summed E-state index contributed by atoms with van der Waals surface area (Å²) in [7, 11) is 1.86. The van der Waals surface area contributed by atoms with E-state index >= 15 is 0 Å². The molecule has 0 spiro atoms. The lowest BCUT2D eigenvalue weighted by Crippen LogP contribution is -2.48. The number of nitrogens with one attached hydrogen (secondary N) is 1. The second kappa shape index (κ2) is 9.78. The minimum Gasteiger partial charge on any atom is -0.370 e. The van der Waals surface area contributed by atoms with Gasteiger partial charge in [-0.2, -0.15) is 0 Å². The molecule has 5 heteroatoms. The van der Waals surface area contributed by atoms with Crippen LogP contribution in [-0.4, -0.2) is 43.4 Å². The Morgan fingerprint density at radius 1 is 1.09 bits per heavy atom. The summed E-state index contributed by atoms with van der Waals surface area (Å²) in [6, 6.07) is 0. The van der Waals surface area contributed by atoms with Crippen LogP contribution in [0.15, 0.2) is 4.99 Å². The van der Waals surface area contributed by atoms with E-state index in [1.807, 2.05) is 7.05 Å². The van der Waals surface area contributed by atoms with Crippen LogP contribution >= 0.6 is 0 Å². The minimum atomic E-state index is -0.186. The lowest BCUT2D eigenvalue weighted by atomic mass is 9.91. The monoisotopic (exact) mass is 322 g/mol. The standard InChI is InChI=1S/C18H34N4O/c1-20-18(21-13-15-8-5-3-2-4-6-9-15)22-11-7-10-16(14-22)12-17(19)23/h15-16H,2-14H2,1H3,(H2,19,23)(H,20,21). The second-order valence-corrected chi connectivity index (χ2v) is 7.26. The summed E-state index contributed by atoms with van der Waals surface area (Å²) >= 11 is 0. The lowest BCUT2D eigenvalue weighted by Gasteiger charge is -2.35. The van der Waals surface area contributed by atoms with Crippen LogP contribution in [0.4, 0.5) is 0 Å². The zero-order chi connectivity index (χ0) is 16.5. The van der Waals surface area contributed by atoms with Crippen molar-refractivity contribution in [3.63, 3.8) is 0 Å². The first-order valence-electron chi connectivity index (χ1n) is 9.43. The van der Waals surface area contributed by atoms with Crippen LogP contribution in [-0.2, 0) is 4.79 Å². The van der Waals surface area contributed by atoms with Crippen molar-refractivity contribution in [2.24, 2.45) is 22.6 Å². The molecular formula is C18H34N4O. The highest BCUT2D eigenvalue weighted by atomic mass is 16.1. The summed E-state index contributed by atoms with van der Waals surface area (Å²) in [5.41, 5.74) is 5.36. The molecule has 5 nitrogen and oxygen atoms in total. The van der Waals surface area contributed by atoms with Gasteiger partial charge in [-0.1, -0.05) is 32.1 Å². The van der Waals surface area contributed by atoms with Gasteiger partial charge in [0, 0.05) is 33.1 Å². The van der Waals surface area contributed by atoms with E-state index < -0.39 is 0 Å². The molecule has 2 rings (SSSR count). The minimum absolute atomic E-state index is 0.186. The van der Waals surface area contributed by atoms with E-state index in [-0.39, 0.29) is 5.91 Å². The van der Waals surface area contributed by atoms with Crippen LogP contribution in [0, 0.1) is 11.8 Å². The number of guanidine groups is 1. The number of nitrogens with zero attached hydrogens (tertiary/aromatic N) is 2. The Balaban J connectivity index is 1.80. The highest BCUT2D eigenvalue weighted by Gasteiger charge is 2.24. The first-order valence-corrected chi connectivity index (χ1v) is 9.43. The Morgan fingerprint density at radius 2 is 1.74 bits per heavy atom. The van der Waals surface area contributed by atoms with Crippen LogP contribution in [0.2, 0.25) is 0 Å². The number of carbonyl (C=O) groups excluding carboxylic acids is 1. The number of aliphatic imine (C=N–C) groups is 1. The van der Waals surface area contributed by atoms with Crippen LogP contribution in [0.25, 0.3) is 0 Å². The Bertz CT molecular complexity index is 388. The van der Waals surface area contributed by atoms with Gasteiger partial charge in [-0.05, 0) is 37.5 Å². The molecule has 1 unspecified atom stereocenters. The lowest BCUT2D eigenvalue weighted by molar-refractivity contribution is -0.119. The highest BCUT2D eigenvalue weighted by Crippen LogP contribution is 2.22. The second-order valence-electron chi connectivity index (χ2n) is 7.26. The largest absolute Gasteiger partial charge is 0.370 e. The maximum atomic E-state index is 11.2. The summed E-state index contributed by atoms with van der Waals surface area (Å²) in [4.78, 5) is 17.9. The third-order valence-corrected chi connectivity index (χ3v) is 5.29. The van der Waals surface area contributed by atoms with Gasteiger partial charge < -0.3 is 16.0 Å². The van der Waals surface area contributed by atoms with Gasteiger partial charge in [0.15, 0.2) is 5.96 Å². The topological polar surface area (TPSA) is 70.7 Å². The SMILES string of the molecule is CN=C(NCC1CCCCCCC1)N1CCCC(CC(N)=O)C1. The van der Waals surface area contributed by atoms with Gasteiger partial charge in [-0.15, -0.1) is 0 Å². The van der Waals surface area contributed by atoms with E-state index in [9.17, 15) is 4.79 Å². The van der Waals surface area contributed by atoms with Crippen LogP contribution in [0.1, 0.15) is 64.2 Å². The molecule has 132 valence electrons. The molecule has 0 radical (unpaired) electrons. The number of nitrogens with two attached hydrogens (primary N) is 1. The van der Waals surface area contributed by atoms with Gasteiger partial charge in [0.25, 0.3) is 0 Å². The van der Waals surface area contributed by atoms with Gasteiger partial charge in [-0.3, -0.25) is 9.79 Å². The van der Waals surface area contributed by atoms with E-state index in [4.69, 9.17) is 5.73 Å². The number of carbonyl (C=O) groups is 1. The van der Waals surface area contributed by atoms with Crippen molar-refractivity contribution in [3.05, 3.63) is 0 Å². The molecule has 1 saturated carbocycles. The molecule has 1 amide bonds. The van der Waals surface area contributed by atoms with Crippen LogP contribution in [0.5, 0.6) is 0 Å². The average molecular weight is 322 g/mol. The van der Waals surface area contributed by atoms with Gasteiger partial charge >= 0.3 is 0 Å². The van der Waals surface area contributed by atoms with Crippen molar-refractivity contribution < 1.29 is 4.79 Å². The molecule has 1 saturated heterocycles. The van der Waals surface area contributed by atoms with Crippen molar-refractivity contribution in [2.75, 3.05) is 26.7 Å². The number of rotatable bonds is 4. The van der Waals surface area contributed by atoms with Crippen molar-refractivity contribution in [1.29, 1.82) is 0 Å². The third-order valence-electron chi connectivity index (χ3n) is 5.29. The molecule has 0 aromatic heterocycles. The number of amides is 1. The number of hydrogen-bond acceptors (Lipinski definition) is 2. The predicted octanol–water partition coefficient (Wildman–Crippen LogP) is 2.51. The first kappa shape index (κ1) is 18.1. The molecule has 0 bridgehead atoms. The molecule has 2 aliphatic rings. The van der Waals surface area contributed by atoms with Gasteiger partial charge in [0.05, 0.1) is 0 Å². The summed E-state index contributed by atoms with van der Waals surface area (Å²) in [5.74, 6) is 1.97. The maximum absolute atomic E-state index is 11.2. The summed E-state index contributed by atoms with van der Waals surface area (Å²) in [5, 5.41) is 3.59. The van der Waals surface area contributed by atoms with Crippen molar-refractivity contribution >= 4 is 11.9 Å². The quantitative estimate of drug-likeness (QED) is 0.617. The zero-order valence-electron chi connectivity index (χ0n) is 14.7. The van der Waals surface area contributed by atoms with E-state index in [0.29, 0.717) is 12.3 Å². The molecule has 1 aliphatic carbocycles. The van der Waals surface area contributed by atoms with Gasteiger partial charge in [-0.25, -0.2) is 0 Å². The van der Waals surface area contributed by atoms with E-state index in [1.54, 1.807) is 0 Å². The summed E-state index contributed by atoms with van der Waals surface area (Å²) in [6.45, 7) is 2.95. The number of primary amides is 1. The average Bonchev–Trinajstić information content (AvgIpc) is 2.49. The van der Waals surface area contributed by atoms with Crippen molar-refractivity contribution in [1.82, 2.24) is 10.2 Å². The predicted molar refractivity (Wildman–Crippen MR) is 95.3 cm³/mol. The number of piperidine rings is 1. The fraction of sp³-hybridized carbons (Fsp3) is 0.889. The Labute approximate surface area is 141 Å². The number of hydrogen-bond donors (Lipinski definition) is 2. The maximum Gasteiger partial charge on any atom is 0.217 e. The molecule has 3 N–H and O–H groups in total. The molecule has 23 heavy (non-hydrogen) atoms. The van der Waals surface area contributed by atoms with Crippen molar-refractivity contribution in [3.8, 4) is 0 Å². The molecule has 1 aliphatic heterocycles. The Kier molecular flexibility index (Phi) is 7.69. The Morgan fingerprint density at radius 3 is 2.39 bits per heavy atom. The van der Waals surface area contributed by atoms with E-state index in [1.165, 1.54) is 44.9 Å².